The lowest BCUT2D eigenvalue weighted by molar-refractivity contribution is 0.0596. The van der Waals surface area contributed by atoms with Crippen molar-refractivity contribution >= 4 is 16.0 Å². The second-order valence-electron chi connectivity index (χ2n) is 5.92. The fourth-order valence-corrected chi connectivity index (χ4v) is 4.29. The lowest BCUT2D eigenvalue weighted by Gasteiger charge is -2.23. The molecular formula is C19H24N2O4S. The lowest BCUT2D eigenvalue weighted by Crippen LogP contribution is -2.37. The molecule has 0 spiro atoms. The number of nitrogens with zero attached hydrogens (tertiary/aromatic N) is 1. The van der Waals surface area contributed by atoms with E-state index in [0.717, 1.165) is 11.1 Å². The van der Waals surface area contributed by atoms with Crippen molar-refractivity contribution in [1.29, 1.82) is 0 Å². The molecule has 7 heteroatoms. The molecule has 2 aromatic rings. The molecule has 0 amide bonds. The van der Waals surface area contributed by atoms with Crippen LogP contribution >= 0.6 is 0 Å². The second kappa shape index (κ2) is 8.93. The quantitative estimate of drug-likeness (QED) is 0.712. The zero-order valence-corrected chi connectivity index (χ0v) is 15.8. The van der Waals surface area contributed by atoms with Crippen LogP contribution in [0.25, 0.3) is 0 Å². The van der Waals surface area contributed by atoms with Crippen molar-refractivity contribution in [1.82, 2.24) is 4.31 Å². The SMILES string of the molecule is COC(=O)c1cc(C)ccc1S(=O)(=O)N(CCN)CCc1ccccc1. The summed E-state index contributed by atoms with van der Waals surface area (Å²) in [6.07, 6.45) is 0.555. The predicted octanol–water partition coefficient (Wildman–Crippen LogP) is 1.97. The van der Waals surface area contributed by atoms with Crippen LogP contribution in [0.3, 0.4) is 0 Å². The third kappa shape index (κ3) is 4.69. The molecule has 2 aromatic carbocycles. The van der Waals surface area contributed by atoms with Crippen molar-refractivity contribution < 1.29 is 17.9 Å². The van der Waals surface area contributed by atoms with Crippen molar-refractivity contribution in [3.63, 3.8) is 0 Å². The van der Waals surface area contributed by atoms with Crippen LogP contribution in [0.1, 0.15) is 21.5 Å². The molecule has 0 heterocycles. The van der Waals surface area contributed by atoms with E-state index in [9.17, 15) is 13.2 Å². The van der Waals surface area contributed by atoms with E-state index in [-0.39, 0.29) is 30.1 Å². The number of methoxy groups -OCH3 is 1. The fourth-order valence-electron chi connectivity index (χ4n) is 2.67. The standard InChI is InChI=1S/C19H24N2O4S/c1-15-8-9-18(17(14-15)19(22)25-2)26(23,24)21(13-11-20)12-10-16-6-4-3-5-7-16/h3-9,14H,10-13,20H2,1-2H3. The summed E-state index contributed by atoms with van der Waals surface area (Å²) in [5.41, 5.74) is 7.47. The maximum Gasteiger partial charge on any atom is 0.339 e. The summed E-state index contributed by atoms with van der Waals surface area (Å²) in [7, 11) is -2.65. The van der Waals surface area contributed by atoms with Gasteiger partial charge < -0.3 is 10.5 Å². The van der Waals surface area contributed by atoms with E-state index in [1.54, 1.807) is 13.0 Å². The Labute approximate surface area is 154 Å². The molecule has 2 N–H and O–H groups in total. The molecule has 0 atom stereocenters. The lowest BCUT2D eigenvalue weighted by atomic mass is 10.1. The van der Waals surface area contributed by atoms with E-state index in [4.69, 9.17) is 10.5 Å². The molecule has 0 aliphatic rings. The van der Waals surface area contributed by atoms with E-state index in [2.05, 4.69) is 0 Å². The molecular weight excluding hydrogens is 352 g/mol. The Morgan fingerprint density at radius 2 is 1.81 bits per heavy atom. The highest BCUT2D eigenvalue weighted by Crippen LogP contribution is 2.23. The van der Waals surface area contributed by atoms with Crippen LogP contribution in [0, 0.1) is 6.92 Å². The number of benzene rings is 2. The Balaban J connectivity index is 2.36. The van der Waals surface area contributed by atoms with Crippen LogP contribution in [0.2, 0.25) is 0 Å². The zero-order chi connectivity index (χ0) is 19.2. The number of esters is 1. The van der Waals surface area contributed by atoms with Crippen molar-refractivity contribution in [3.05, 3.63) is 65.2 Å². The van der Waals surface area contributed by atoms with E-state index < -0.39 is 16.0 Å². The minimum absolute atomic E-state index is 0.0363. The van der Waals surface area contributed by atoms with Crippen molar-refractivity contribution in [2.75, 3.05) is 26.7 Å². The Kier molecular flexibility index (Phi) is 6.90. The molecule has 0 aliphatic carbocycles. The van der Waals surface area contributed by atoms with Gasteiger partial charge in [0.1, 0.15) is 0 Å². The first-order valence-corrected chi connectivity index (χ1v) is 9.77. The highest BCUT2D eigenvalue weighted by atomic mass is 32.2. The topological polar surface area (TPSA) is 89.7 Å². The maximum atomic E-state index is 13.2. The molecule has 0 aromatic heterocycles. The number of carbonyl (C=O) groups excluding carboxylic acids is 1. The highest BCUT2D eigenvalue weighted by Gasteiger charge is 2.29. The molecule has 140 valence electrons. The molecule has 0 radical (unpaired) electrons. The number of hydrogen-bond donors (Lipinski definition) is 1. The first-order chi connectivity index (χ1) is 12.4. The van der Waals surface area contributed by atoms with Gasteiger partial charge in [0.15, 0.2) is 0 Å². The Morgan fingerprint density at radius 3 is 2.42 bits per heavy atom. The molecule has 0 saturated heterocycles. The molecule has 0 saturated carbocycles. The molecule has 0 aliphatic heterocycles. The van der Waals surface area contributed by atoms with E-state index in [1.165, 1.54) is 23.5 Å². The van der Waals surface area contributed by atoms with Gasteiger partial charge in [-0.1, -0.05) is 42.0 Å². The predicted molar refractivity (Wildman–Crippen MR) is 100 cm³/mol. The number of ether oxygens (including phenoxy) is 1. The Bertz CT molecular complexity index is 851. The minimum atomic E-state index is -3.88. The smallest absolute Gasteiger partial charge is 0.339 e. The average molecular weight is 376 g/mol. The molecule has 0 bridgehead atoms. The van der Waals surface area contributed by atoms with Crippen LogP contribution in [0.5, 0.6) is 0 Å². The third-order valence-electron chi connectivity index (χ3n) is 4.03. The van der Waals surface area contributed by atoms with Gasteiger partial charge in [-0.05, 0) is 31.0 Å². The minimum Gasteiger partial charge on any atom is -0.465 e. The molecule has 0 unspecified atom stereocenters. The molecule has 2 rings (SSSR count). The average Bonchev–Trinajstić information content (AvgIpc) is 2.64. The van der Waals surface area contributed by atoms with E-state index in [0.29, 0.717) is 6.42 Å². The van der Waals surface area contributed by atoms with Gasteiger partial charge in [0, 0.05) is 19.6 Å². The number of hydrogen-bond acceptors (Lipinski definition) is 5. The van der Waals surface area contributed by atoms with Gasteiger partial charge in [-0.15, -0.1) is 0 Å². The zero-order valence-electron chi connectivity index (χ0n) is 15.0. The number of nitrogens with two attached hydrogens (primary N) is 1. The van der Waals surface area contributed by atoms with Gasteiger partial charge in [-0.2, -0.15) is 4.31 Å². The third-order valence-corrected chi connectivity index (χ3v) is 5.99. The van der Waals surface area contributed by atoms with E-state index in [1.807, 2.05) is 30.3 Å². The first kappa shape index (κ1) is 20.1. The summed E-state index contributed by atoms with van der Waals surface area (Å²) in [6, 6.07) is 14.3. The monoisotopic (exact) mass is 376 g/mol. The van der Waals surface area contributed by atoms with Gasteiger partial charge in [0.05, 0.1) is 17.6 Å². The van der Waals surface area contributed by atoms with Crippen LogP contribution < -0.4 is 5.73 Å². The van der Waals surface area contributed by atoms with Crippen LogP contribution in [-0.4, -0.2) is 45.4 Å². The number of sulfonamides is 1. The maximum absolute atomic E-state index is 13.2. The summed E-state index contributed by atoms with van der Waals surface area (Å²) < 4.78 is 32.4. The van der Waals surface area contributed by atoms with Gasteiger partial charge in [0.2, 0.25) is 10.0 Å². The highest BCUT2D eigenvalue weighted by molar-refractivity contribution is 7.89. The van der Waals surface area contributed by atoms with Crippen molar-refractivity contribution in [3.8, 4) is 0 Å². The second-order valence-corrected chi connectivity index (χ2v) is 7.83. The number of aryl methyl sites for hydroxylation is 1. The van der Waals surface area contributed by atoms with Crippen LogP contribution in [0.4, 0.5) is 0 Å². The summed E-state index contributed by atoms with van der Waals surface area (Å²) in [4.78, 5) is 12.0. The van der Waals surface area contributed by atoms with Crippen molar-refractivity contribution in [2.24, 2.45) is 5.73 Å². The van der Waals surface area contributed by atoms with Crippen LogP contribution in [-0.2, 0) is 21.2 Å². The summed E-state index contributed by atoms with van der Waals surface area (Å²) in [5, 5.41) is 0. The van der Waals surface area contributed by atoms with E-state index >= 15 is 0 Å². The van der Waals surface area contributed by atoms with Crippen LogP contribution in [0.15, 0.2) is 53.4 Å². The largest absolute Gasteiger partial charge is 0.465 e. The fraction of sp³-hybridized carbons (Fsp3) is 0.316. The van der Waals surface area contributed by atoms with Gasteiger partial charge >= 0.3 is 5.97 Å². The van der Waals surface area contributed by atoms with Gasteiger partial charge in [0.25, 0.3) is 0 Å². The summed E-state index contributed by atoms with van der Waals surface area (Å²) in [5.74, 6) is -0.678. The number of carbonyl (C=O) groups is 1. The normalized spacial score (nSPS) is 11.5. The Hall–Kier alpha value is -2.22. The summed E-state index contributed by atoms with van der Waals surface area (Å²) >= 11 is 0. The van der Waals surface area contributed by atoms with Gasteiger partial charge in [-0.3, -0.25) is 0 Å². The van der Waals surface area contributed by atoms with Gasteiger partial charge in [-0.25, -0.2) is 13.2 Å². The molecule has 0 fully saturated rings. The molecule has 26 heavy (non-hydrogen) atoms. The summed E-state index contributed by atoms with van der Waals surface area (Å²) in [6.45, 7) is 2.42. The first-order valence-electron chi connectivity index (χ1n) is 8.33. The molecule has 6 nitrogen and oxygen atoms in total. The van der Waals surface area contributed by atoms with Crippen molar-refractivity contribution in [2.45, 2.75) is 18.2 Å². The number of rotatable bonds is 8. The Morgan fingerprint density at radius 1 is 1.12 bits per heavy atom.